The van der Waals surface area contributed by atoms with Gasteiger partial charge in [0.2, 0.25) is 23.6 Å². The summed E-state index contributed by atoms with van der Waals surface area (Å²) in [5.41, 5.74) is 0.848. The van der Waals surface area contributed by atoms with Crippen LogP contribution in [-0.4, -0.2) is 163 Å². The molecule has 2 aromatic carbocycles. The van der Waals surface area contributed by atoms with E-state index in [2.05, 4.69) is 20.9 Å². The van der Waals surface area contributed by atoms with Crippen molar-refractivity contribution in [2.45, 2.75) is 50.0 Å². The highest BCUT2D eigenvalue weighted by atomic mass is 35.5. The highest BCUT2D eigenvalue weighted by Gasteiger charge is 2.46. The molecule has 0 spiro atoms. The monoisotopic (exact) mass is 886 g/mol. The van der Waals surface area contributed by atoms with Crippen molar-refractivity contribution >= 4 is 76.7 Å². The first-order valence-corrected chi connectivity index (χ1v) is 20.7. The van der Waals surface area contributed by atoms with Crippen LogP contribution in [0, 0.1) is 0 Å². The SMILES string of the molecule is O=C1CCC(N2C(=O)c3ccc(OCCOC4CN(CCCl)C4)cc3C2=O)C(=O)N1.O=C1CCC(N2C(=O)c3ccc(OCCOC4CNC4)cc3C2=O)C(=O)N1.O=CCCl. The van der Waals surface area contributed by atoms with E-state index in [0.717, 1.165) is 42.5 Å². The summed E-state index contributed by atoms with van der Waals surface area (Å²) in [4.78, 5) is 111. The number of rotatable bonds is 15. The van der Waals surface area contributed by atoms with E-state index in [4.69, 9.17) is 46.9 Å². The normalized spacial score (nSPS) is 21.3. The summed E-state index contributed by atoms with van der Waals surface area (Å²) >= 11 is 10.5. The number of carbonyl (C=O) groups is 9. The Hall–Kier alpha value is -5.31. The number of carbonyl (C=O) groups excluding carboxylic acids is 9. The van der Waals surface area contributed by atoms with Crippen LogP contribution in [0.25, 0.3) is 0 Å². The van der Waals surface area contributed by atoms with Gasteiger partial charge < -0.3 is 29.1 Å². The van der Waals surface area contributed by atoms with Crippen LogP contribution in [0.2, 0.25) is 0 Å². The molecule has 2 atom stereocenters. The van der Waals surface area contributed by atoms with E-state index in [0.29, 0.717) is 50.1 Å². The molecule has 6 aliphatic heterocycles. The summed E-state index contributed by atoms with van der Waals surface area (Å²) in [6, 6.07) is 7.34. The molecule has 19 nitrogen and oxygen atoms in total. The van der Waals surface area contributed by atoms with E-state index < -0.39 is 59.3 Å². The second-order valence-electron chi connectivity index (χ2n) is 14.4. The number of likely N-dealkylation sites (tertiary alicyclic amines) is 1. The lowest BCUT2D eigenvalue weighted by molar-refractivity contribution is -0.137. The van der Waals surface area contributed by atoms with Crippen LogP contribution in [0.3, 0.4) is 0 Å². The predicted octanol–water partition coefficient (Wildman–Crippen LogP) is 0.285. The van der Waals surface area contributed by atoms with E-state index in [-0.39, 0.29) is 66.0 Å². The molecule has 0 saturated carbocycles. The number of nitrogens with zero attached hydrogens (tertiary/aromatic N) is 3. The lowest BCUT2D eigenvalue weighted by atomic mass is 10.0. The lowest BCUT2D eigenvalue weighted by Gasteiger charge is -2.38. The molecule has 6 heterocycles. The molecule has 0 aromatic heterocycles. The van der Waals surface area contributed by atoms with Crippen molar-refractivity contribution in [3.63, 3.8) is 0 Å². The van der Waals surface area contributed by atoms with Gasteiger partial charge in [0.1, 0.15) is 43.1 Å². The number of piperidine rings is 2. The van der Waals surface area contributed by atoms with Crippen molar-refractivity contribution in [1.82, 2.24) is 30.7 Å². The van der Waals surface area contributed by atoms with Gasteiger partial charge in [0.15, 0.2) is 0 Å². The molecule has 0 aliphatic carbocycles. The van der Waals surface area contributed by atoms with Crippen LogP contribution in [0.4, 0.5) is 0 Å². The number of halogens is 2. The molecule has 4 saturated heterocycles. The average molecular weight is 888 g/mol. The molecular formula is C40H44Cl2N6O13. The first-order chi connectivity index (χ1) is 29.4. The van der Waals surface area contributed by atoms with Crippen molar-refractivity contribution in [3.05, 3.63) is 58.7 Å². The van der Waals surface area contributed by atoms with Gasteiger partial charge in [-0.2, -0.15) is 0 Å². The fourth-order valence-electron chi connectivity index (χ4n) is 7.14. The number of aldehydes is 1. The van der Waals surface area contributed by atoms with E-state index in [1.165, 1.54) is 24.3 Å². The van der Waals surface area contributed by atoms with Gasteiger partial charge in [-0.05, 0) is 49.2 Å². The van der Waals surface area contributed by atoms with Crippen LogP contribution in [0.15, 0.2) is 36.4 Å². The van der Waals surface area contributed by atoms with Crippen molar-refractivity contribution in [3.8, 4) is 11.5 Å². The number of fused-ring (bicyclic) bond motifs is 2. The Morgan fingerprint density at radius 1 is 0.623 bits per heavy atom. The summed E-state index contributed by atoms with van der Waals surface area (Å²) in [6.45, 7) is 5.73. The average Bonchev–Trinajstić information content (AvgIpc) is 3.60. The molecule has 3 N–H and O–H groups in total. The highest BCUT2D eigenvalue weighted by molar-refractivity contribution is 6.25. The van der Waals surface area contributed by atoms with Gasteiger partial charge in [0, 0.05) is 51.4 Å². The number of imide groups is 4. The highest BCUT2D eigenvalue weighted by Crippen LogP contribution is 2.32. The standard InChI is InChI=1S/C20H22ClN3O6.C18H19N3O6.C2H3ClO/c21-5-6-23-10-13(11-23)30-8-7-29-12-1-2-14-15(9-12)20(28)24(19(14)27)16-3-4-17(25)22-18(16)26;22-15-4-3-14(16(23)20-15)21-17(24)12-2-1-10(7-13(12)18(21)25)26-5-6-27-11-8-19-9-11;3-1-2-4/h1-2,9,13,16H,3-8,10-11H2,(H,22,25,26);1-2,7,11,14,19H,3-6,8-9H2,(H,20,22,23);2H,1H2. The maximum absolute atomic E-state index is 12.8. The van der Waals surface area contributed by atoms with Gasteiger partial charge in [-0.1, -0.05) is 0 Å². The Kier molecular flexibility index (Phi) is 15.6. The number of alkyl halides is 2. The second kappa shape index (κ2) is 21.0. The van der Waals surface area contributed by atoms with Gasteiger partial charge in [-0.3, -0.25) is 63.7 Å². The van der Waals surface area contributed by atoms with E-state index in [1.807, 2.05) is 0 Å². The summed E-state index contributed by atoms with van der Waals surface area (Å²) in [7, 11) is 0. The van der Waals surface area contributed by atoms with Crippen LogP contribution in [0.1, 0.15) is 67.1 Å². The smallest absolute Gasteiger partial charge is 0.262 e. The summed E-state index contributed by atoms with van der Waals surface area (Å²) in [5.74, 6) is -2.61. The zero-order valence-electron chi connectivity index (χ0n) is 32.9. The zero-order chi connectivity index (χ0) is 43.6. The van der Waals surface area contributed by atoms with E-state index in [9.17, 15) is 38.4 Å². The van der Waals surface area contributed by atoms with Gasteiger partial charge in [0.25, 0.3) is 23.6 Å². The molecule has 0 bridgehead atoms. The van der Waals surface area contributed by atoms with Crippen molar-refractivity contribution in [2.24, 2.45) is 0 Å². The molecule has 61 heavy (non-hydrogen) atoms. The summed E-state index contributed by atoms with van der Waals surface area (Å²) < 4.78 is 22.5. The van der Waals surface area contributed by atoms with Gasteiger partial charge in [0.05, 0.1) is 53.6 Å². The molecule has 2 aromatic rings. The number of benzene rings is 2. The van der Waals surface area contributed by atoms with Gasteiger partial charge >= 0.3 is 0 Å². The number of ether oxygens (including phenoxy) is 4. The van der Waals surface area contributed by atoms with Crippen LogP contribution in [-0.2, 0) is 33.4 Å². The summed E-state index contributed by atoms with van der Waals surface area (Å²) in [5, 5.41) is 7.45. The zero-order valence-corrected chi connectivity index (χ0v) is 34.4. The number of hydrogen-bond donors (Lipinski definition) is 3. The van der Waals surface area contributed by atoms with Crippen LogP contribution >= 0.6 is 23.2 Å². The molecule has 2 unspecified atom stereocenters. The fraction of sp³-hybridized carbons (Fsp3) is 0.475. The molecular weight excluding hydrogens is 843 g/mol. The molecule has 326 valence electrons. The largest absolute Gasteiger partial charge is 0.491 e. The Morgan fingerprint density at radius 2 is 1.07 bits per heavy atom. The third-order valence-electron chi connectivity index (χ3n) is 10.4. The third kappa shape index (κ3) is 10.8. The lowest BCUT2D eigenvalue weighted by Crippen LogP contribution is -2.54. The topological polar surface area (TPSA) is 236 Å². The number of hydrogen-bond acceptors (Lipinski definition) is 15. The van der Waals surface area contributed by atoms with Crippen LogP contribution < -0.4 is 25.4 Å². The Morgan fingerprint density at radius 3 is 1.46 bits per heavy atom. The minimum atomic E-state index is -0.978. The van der Waals surface area contributed by atoms with Gasteiger partial charge in [-0.15, -0.1) is 23.2 Å². The van der Waals surface area contributed by atoms with Crippen molar-refractivity contribution in [1.29, 1.82) is 0 Å². The quantitative estimate of drug-likeness (QED) is 0.0944. The Labute approximate surface area is 359 Å². The molecule has 8 amide bonds. The van der Waals surface area contributed by atoms with Crippen molar-refractivity contribution in [2.75, 3.05) is 70.9 Å². The maximum atomic E-state index is 12.8. The third-order valence-corrected chi connectivity index (χ3v) is 10.7. The first-order valence-electron chi connectivity index (χ1n) is 19.6. The minimum Gasteiger partial charge on any atom is -0.491 e. The maximum Gasteiger partial charge on any atom is 0.262 e. The van der Waals surface area contributed by atoms with E-state index >= 15 is 0 Å². The number of amides is 8. The molecule has 6 aliphatic rings. The van der Waals surface area contributed by atoms with E-state index in [1.54, 1.807) is 12.1 Å². The summed E-state index contributed by atoms with van der Waals surface area (Å²) in [6.07, 6.45) is 1.47. The Balaban J connectivity index is 0.000000189. The van der Waals surface area contributed by atoms with Gasteiger partial charge in [-0.25, -0.2) is 0 Å². The Bertz CT molecular complexity index is 2060. The van der Waals surface area contributed by atoms with Crippen molar-refractivity contribution < 1.29 is 62.1 Å². The molecule has 4 fully saturated rings. The fourth-order valence-corrected chi connectivity index (χ4v) is 7.38. The number of nitrogens with one attached hydrogen (secondary N) is 3. The predicted molar refractivity (Wildman–Crippen MR) is 214 cm³/mol. The molecule has 8 rings (SSSR count). The molecule has 0 radical (unpaired) electrons. The first kappa shape index (κ1) is 45.2. The second-order valence-corrected chi connectivity index (χ2v) is 15.1. The minimum absolute atomic E-state index is 0.0861. The van der Waals surface area contributed by atoms with Crippen LogP contribution in [0.5, 0.6) is 11.5 Å². The molecule has 21 heteroatoms.